The summed E-state index contributed by atoms with van der Waals surface area (Å²) in [6, 6.07) is 12.5. The second-order valence-corrected chi connectivity index (χ2v) is 7.99. The van der Waals surface area contributed by atoms with Crippen molar-refractivity contribution in [2.45, 2.75) is 24.7 Å². The van der Waals surface area contributed by atoms with Crippen LogP contribution in [0.3, 0.4) is 0 Å². The number of aromatic amines is 1. The van der Waals surface area contributed by atoms with Crippen LogP contribution in [0.5, 0.6) is 0 Å². The zero-order chi connectivity index (χ0) is 20.7. The number of halogens is 2. The van der Waals surface area contributed by atoms with E-state index >= 15 is 0 Å². The van der Waals surface area contributed by atoms with Gasteiger partial charge in [0, 0.05) is 11.5 Å². The highest BCUT2D eigenvalue weighted by molar-refractivity contribution is 7.98. The Balaban J connectivity index is 2.13. The molecule has 4 rings (SSSR count). The molecule has 1 N–H and O–H groups in total. The van der Waals surface area contributed by atoms with E-state index in [2.05, 4.69) is 10.1 Å². The van der Waals surface area contributed by atoms with Gasteiger partial charge in [-0.05, 0) is 35.2 Å². The third-order valence-corrected chi connectivity index (χ3v) is 6.19. The van der Waals surface area contributed by atoms with Gasteiger partial charge in [-0.25, -0.2) is 4.90 Å². The van der Waals surface area contributed by atoms with Gasteiger partial charge in [0.15, 0.2) is 0 Å². The van der Waals surface area contributed by atoms with Crippen LogP contribution in [-0.2, 0) is 4.79 Å². The quantitative estimate of drug-likeness (QED) is 0.485. The lowest BCUT2D eigenvalue weighted by Gasteiger charge is -2.32. The number of para-hydroxylation sites is 1. The summed E-state index contributed by atoms with van der Waals surface area (Å²) in [5.41, 5.74) is 1.92. The summed E-state index contributed by atoms with van der Waals surface area (Å²) < 4.78 is 1.57. The third kappa shape index (κ3) is 3.23. The van der Waals surface area contributed by atoms with Crippen molar-refractivity contribution < 1.29 is 9.48 Å². The number of carbonyl (C=O) groups is 1. The van der Waals surface area contributed by atoms with Gasteiger partial charge in [-0.1, -0.05) is 60.1 Å². The molecule has 0 saturated heterocycles. The van der Waals surface area contributed by atoms with Gasteiger partial charge in [0.25, 0.3) is 6.17 Å². The number of fused-ring (bicyclic) bond motifs is 3. The molecular formula is C20H17Cl2N4O2S+. The molecule has 0 spiro atoms. The molecule has 0 bridgehead atoms. The van der Waals surface area contributed by atoms with Gasteiger partial charge >= 0.3 is 11.3 Å². The Morgan fingerprint density at radius 2 is 2.00 bits per heavy atom. The van der Waals surface area contributed by atoms with Crippen LogP contribution >= 0.6 is 35.0 Å². The molecule has 0 saturated carbocycles. The predicted octanol–water partition coefficient (Wildman–Crippen LogP) is 4.06. The average molecular weight is 448 g/mol. The first-order valence-corrected chi connectivity index (χ1v) is 10.9. The number of amides is 1. The smallest absolute Gasteiger partial charge is 0.291 e. The Labute approximate surface area is 181 Å². The SMILES string of the molecule is CCC(=O)N1c2ccccc2-c2c(=O)[nH]c(SC)n[n+]2[C@H]1c1cccc(Cl)c1Cl. The molecule has 3 aromatic rings. The molecule has 0 fully saturated rings. The van der Waals surface area contributed by atoms with Gasteiger partial charge in [0.2, 0.25) is 11.1 Å². The molecule has 2 heterocycles. The highest BCUT2D eigenvalue weighted by atomic mass is 35.5. The lowest BCUT2D eigenvalue weighted by atomic mass is 10.0. The van der Waals surface area contributed by atoms with Crippen LogP contribution in [0.15, 0.2) is 52.4 Å². The third-order valence-electron chi connectivity index (χ3n) is 4.78. The van der Waals surface area contributed by atoms with E-state index in [1.165, 1.54) is 11.8 Å². The van der Waals surface area contributed by atoms with Crippen molar-refractivity contribution in [3.05, 3.63) is 68.4 Å². The van der Waals surface area contributed by atoms with Crippen LogP contribution in [0.25, 0.3) is 11.3 Å². The Morgan fingerprint density at radius 1 is 1.24 bits per heavy atom. The van der Waals surface area contributed by atoms with E-state index in [0.717, 1.165) is 0 Å². The second kappa shape index (κ2) is 7.82. The standard InChI is InChI=1S/C20H16Cl2N4O2S/c1-3-15(27)25-14-10-5-4-7-11(14)17-18(28)23-20(29-2)24-26(17)19(25)12-8-6-9-13(21)16(12)22/h4-10,19H,3H2,1-2H3/p+1/t19-/m0/s1. The number of benzene rings is 2. The molecular weight excluding hydrogens is 431 g/mol. The maximum atomic E-state index is 13.1. The Bertz CT molecular complexity index is 1180. The number of anilines is 1. The van der Waals surface area contributed by atoms with Crippen molar-refractivity contribution in [3.8, 4) is 11.3 Å². The number of H-pyrrole nitrogens is 1. The Hall–Kier alpha value is -2.35. The average Bonchev–Trinajstić information content (AvgIpc) is 2.74. The normalized spacial score (nSPS) is 15.0. The van der Waals surface area contributed by atoms with Gasteiger partial charge < -0.3 is 0 Å². The van der Waals surface area contributed by atoms with Crippen LogP contribution in [-0.4, -0.2) is 22.2 Å². The first-order valence-electron chi connectivity index (χ1n) is 8.93. The minimum Gasteiger partial charge on any atom is -0.291 e. The molecule has 148 valence electrons. The van der Waals surface area contributed by atoms with Crippen LogP contribution in [0.4, 0.5) is 5.69 Å². The summed E-state index contributed by atoms with van der Waals surface area (Å²) in [6.45, 7) is 1.79. The van der Waals surface area contributed by atoms with E-state index < -0.39 is 6.17 Å². The number of aromatic nitrogens is 3. The molecule has 9 heteroatoms. The van der Waals surface area contributed by atoms with Crippen LogP contribution in [0.1, 0.15) is 25.1 Å². The van der Waals surface area contributed by atoms with Crippen molar-refractivity contribution >= 4 is 46.6 Å². The monoisotopic (exact) mass is 447 g/mol. The minimum atomic E-state index is -0.744. The lowest BCUT2D eigenvalue weighted by Crippen LogP contribution is -2.61. The molecule has 1 aromatic heterocycles. The van der Waals surface area contributed by atoms with Gasteiger partial charge in [-0.2, -0.15) is 0 Å². The maximum Gasteiger partial charge on any atom is 0.325 e. The summed E-state index contributed by atoms with van der Waals surface area (Å²) >= 11 is 14.1. The fourth-order valence-corrected chi connectivity index (χ4v) is 4.27. The largest absolute Gasteiger partial charge is 0.325 e. The van der Waals surface area contributed by atoms with E-state index in [-0.39, 0.29) is 17.9 Å². The van der Waals surface area contributed by atoms with Crippen LogP contribution in [0, 0.1) is 0 Å². The first kappa shape index (κ1) is 19.9. The van der Waals surface area contributed by atoms with E-state index in [0.29, 0.717) is 37.7 Å². The molecule has 1 aliphatic rings. The fourth-order valence-electron chi connectivity index (χ4n) is 3.50. The molecule has 2 aromatic carbocycles. The molecule has 0 unspecified atom stereocenters. The van der Waals surface area contributed by atoms with Crippen molar-refractivity contribution in [2.24, 2.45) is 0 Å². The Kier molecular flexibility index (Phi) is 5.38. The van der Waals surface area contributed by atoms with Crippen molar-refractivity contribution in [2.75, 3.05) is 11.2 Å². The van der Waals surface area contributed by atoms with E-state index in [9.17, 15) is 9.59 Å². The second-order valence-electron chi connectivity index (χ2n) is 6.41. The highest BCUT2D eigenvalue weighted by Crippen LogP contribution is 2.40. The fraction of sp³-hybridized carbons (Fsp3) is 0.200. The first-order chi connectivity index (χ1) is 14.0. The minimum absolute atomic E-state index is 0.121. The molecule has 29 heavy (non-hydrogen) atoms. The van der Waals surface area contributed by atoms with Crippen LogP contribution in [0.2, 0.25) is 10.0 Å². The molecule has 0 radical (unpaired) electrons. The summed E-state index contributed by atoms with van der Waals surface area (Å²) in [5, 5.41) is 5.73. The Morgan fingerprint density at radius 3 is 2.72 bits per heavy atom. The molecule has 1 atom stereocenters. The van der Waals surface area contributed by atoms with Crippen LogP contribution < -0.4 is 15.1 Å². The summed E-state index contributed by atoms with van der Waals surface area (Å²) in [6.07, 6.45) is 1.35. The van der Waals surface area contributed by atoms with Gasteiger partial charge in [0.05, 0.1) is 26.9 Å². The zero-order valence-corrected chi connectivity index (χ0v) is 18.0. The summed E-state index contributed by atoms with van der Waals surface area (Å²) in [4.78, 5) is 30.5. The number of hydrogen-bond acceptors (Lipinski definition) is 4. The lowest BCUT2D eigenvalue weighted by molar-refractivity contribution is -0.763. The topological polar surface area (TPSA) is 69.9 Å². The van der Waals surface area contributed by atoms with Crippen molar-refractivity contribution in [1.29, 1.82) is 0 Å². The van der Waals surface area contributed by atoms with E-state index in [1.54, 1.807) is 34.7 Å². The van der Waals surface area contributed by atoms with Gasteiger partial charge in [-0.15, -0.1) is 0 Å². The molecule has 6 nitrogen and oxygen atoms in total. The number of carbonyl (C=O) groups excluding carboxylic acids is 1. The van der Waals surface area contributed by atoms with Gasteiger partial charge in [-0.3, -0.25) is 14.6 Å². The number of rotatable bonds is 3. The highest BCUT2D eigenvalue weighted by Gasteiger charge is 2.46. The van der Waals surface area contributed by atoms with E-state index in [1.807, 2.05) is 30.5 Å². The number of thioether (sulfide) groups is 1. The van der Waals surface area contributed by atoms with E-state index in [4.69, 9.17) is 23.2 Å². The van der Waals surface area contributed by atoms with Crippen molar-refractivity contribution in [3.63, 3.8) is 0 Å². The number of hydrogen-bond donors (Lipinski definition) is 1. The maximum absolute atomic E-state index is 13.1. The summed E-state index contributed by atoms with van der Waals surface area (Å²) in [7, 11) is 0. The van der Waals surface area contributed by atoms with Crippen molar-refractivity contribution in [1.82, 2.24) is 10.1 Å². The number of nitrogens with zero attached hydrogens (tertiary/aromatic N) is 3. The molecule has 1 aliphatic heterocycles. The molecule has 0 aliphatic carbocycles. The zero-order valence-electron chi connectivity index (χ0n) is 15.6. The summed E-state index contributed by atoms with van der Waals surface area (Å²) in [5.74, 6) is -0.121. The van der Waals surface area contributed by atoms with Gasteiger partial charge in [0.1, 0.15) is 0 Å². The number of nitrogens with one attached hydrogen (secondary N) is 1. The predicted molar refractivity (Wildman–Crippen MR) is 115 cm³/mol. The molecule has 1 amide bonds.